The van der Waals surface area contributed by atoms with Gasteiger partial charge in [-0.05, 0) is 6.92 Å². The minimum absolute atomic E-state index is 0.0717. The summed E-state index contributed by atoms with van der Waals surface area (Å²) in [6, 6.07) is 1.83. The van der Waals surface area contributed by atoms with Crippen molar-refractivity contribution in [3.05, 3.63) is 6.33 Å². The highest BCUT2D eigenvalue weighted by atomic mass is 16.6. The Hall–Kier alpha value is -2.48. The van der Waals surface area contributed by atoms with Gasteiger partial charge in [0.2, 0.25) is 11.5 Å². The van der Waals surface area contributed by atoms with E-state index in [-0.39, 0.29) is 12.4 Å². The second-order valence-corrected chi connectivity index (χ2v) is 5.27. The number of nitriles is 1. The standard InChI is InChI=1S/C13H17N7O3/c1-2-16-10-9-11(19-12(15)18-10)20(6-17-9)8-3-7(22)13(4-14,5-21)23-8/h6-8,21-22H,2-3,5H2,1H3,(H3,15,16,18,19)/t7-,8+,13+/m0/s1. The first kappa shape index (κ1) is 15.4. The van der Waals surface area contributed by atoms with Crippen LogP contribution in [0.1, 0.15) is 19.6 Å². The van der Waals surface area contributed by atoms with Crippen molar-refractivity contribution in [3.8, 4) is 6.07 Å². The summed E-state index contributed by atoms with van der Waals surface area (Å²) in [5.74, 6) is 0.573. The first-order chi connectivity index (χ1) is 11.0. The number of aromatic nitrogens is 4. The lowest BCUT2D eigenvalue weighted by Gasteiger charge is -2.21. The van der Waals surface area contributed by atoms with E-state index in [1.807, 2.05) is 13.0 Å². The minimum Gasteiger partial charge on any atom is -0.392 e. The molecule has 0 spiro atoms. The topological polar surface area (TPSA) is 155 Å². The lowest BCUT2D eigenvalue weighted by atomic mass is 10.00. The summed E-state index contributed by atoms with van der Waals surface area (Å²) >= 11 is 0. The molecule has 1 aliphatic rings. The normalized spacial score (nSPS) is 27.2. The molecule has 3 atom stereocenters. The average Bonchev–Trinajstić information content (AvgIpc) is 3.09. The number of rotatable bonds is 4. The number of nitrogen functional groups attached to an aromatic ring is 1. The molecule has 0 aliphatic carbocycles. The highest BCUT2D eigenvalue weighted by molar-refractivity contribution is 5.84. The molecular weight excluding hydrogens is 302 g/mol. The average molecular weight is 319 g/mol. The van der Waals surface area contributed by atoms with E-state index in [0.717, 1.165) is 0 Å². The molecule has 0 saturated carbocycles. The molecule has 23 heavy (non-hydrogen) atoms. The van der Waals surface area contributed by atoms with Gasteiger partial charge in [-0.2, -0.15) is 15.2 Å². The molecule has 3 heterocycles. The van der Waals surface area contributed by atoms with Crippen molar-refractivity contribution in [2.75, 3.05) is 24.2 Å². The zero-order chi connectivity index (χ0) is 16.6. The van der Waals surface area contributed by atoms with E-state index in [0.29, 0.717) is 23.5 Å². The Balaban J connectivity index is 2.04. The number of nitrogens with two attached hydrogens (primary N) is 1. The fourth-order valence-electron chi connectivity index (χ4n) is 2.63. The molecule has 10 heteroatoms. The summed E-state index contributed by atoms with van der Waals surface area (Å²) in [4.78, 5) is 12.5. The molecule has 1 aliphatic heterocycles. The molecule has 1 saturated heterocycles. The van der Waals surface area contributed by atoms with Gasteiger partial charge in [0.1, 0.15) is 18.4 Å². The highest BCUT2D eigenvalue weighted by Crippen LogP contribution is 2.37. The molecule has 10 nitrogen and oxygen atoms in total. The number of hydrogen-bond acceptors (Lipinski definition) is 9. The van der Waals surface area contributed by atoms with Gasteiger partial charge in [-0.1, -0.05) is 0 Å². The molecule has 0 radical (unpaired) electrons. The Labute approximate surface area is 131 Å². The van der Waals surface area contributed by atoms with Crippen LogP contribution in [0.15, 0.2) is 6.33 Å². The first-order valence-corrected chi connectivity index (χ1v) is 7.16. The van der Waals surface area contributed by atoms with Crippen LogP contribution in [0, 0.1) is 11.3 Å². The van der Waals surface area contributed by atoms with Crippen LogP contribution in [0.4, 0.5) is 11.8 Å². The van der Waals surface area contributed by atoms with Crippen molar-refractivity contribution < 1.29 is 14.9 Å². The second-order valence-electron chi connectivity index (χ2n) is 5.27. The van der Waals surface area contributed by atoms with Crippen molar-refractivity contribution in [2.45, 2.75) is 31.3 Å². The lowest BCUT2D eigenvalue weighted by molar-refractivity contribution is -0.0904. The number of aliphatic hydroxyl groups excluding tert-OH is 2. The van der Waals surface area contributed by atoms with Crippen molar-refractivity contribution in [3.63, 3.8) is 0 Å². The third-order valence-corrected chi connectivity index (χ3v) is 3.83. The largest absolute Gasteiger partial charge is 0.392 e. The number of fused-ring (bicyclic) bond motifs is 1. The second kappa shape index (κ2) is 5.62. The predicted molar refractivity (Wildman–Crippen MR) is 80.1 cm³/mol. The molecule has 3 rings (SSSR count). The summed E-state index contributed by atoms with van der Waals surface area (Å²) < 4.78 is 7.17. The molecule has 1 fully saturated rings. The zero-order valence-electron chi connectivity index (χ0n) is 12.5. The number of nitrogens with zero attached hydrogens (tertiary/aromatic N) is 5. The molecule has 5 N–H and O–H groups in total. The number of ether oxygens (including phenoxy) is 1. The Morgan fingerprint density at radius 2 is 2.39 bits per heavy atom. The van der Waals surface area contributed by atoms with Crippen LogP contribution < -0.4 is 11.1 Å². The molecule has 0 unspecified atom stereocenters. The smallest absolute Gasteiger partial charge is 0.224 e. The summed E-state index contributed by atoms with van der Waals surface area (Å²) in [5, 5.41) is 31.7. The SMILES string of the molecule is CCNc1nc(N)nc2c1ncn2[C@H]1C[C@H](O)[C@@](C#N)(CO)O1. The van der Waals surface area contributed by atoms with Gasteiger partial charge in [-0.25, -0.2) is 4.98 Å². The van der Waals surface area contributed by atoms with Gasteiger partial charge in [0, 0.05) is 13.0 Å². The Morgan fingerprint density at radius 3 is 3.00 bits per heavy atom. The summed E-state index contributed by atoms with van der Waals surface area (Å²) in [6.45, 7) is 1.95. The van der Waals surface area contributed by atoms with Gasteiger partial charge < -0.3 is 26.0 Å². The van der Waals surface area contributed by atoms with Crippen molar-refractivity contribution in [1.82, 2.24) is 19.5 Å². The van der Waals surface area contributed by atoms with Gasteiger partial charge in [-0.15, -0.1) is 0 Å². The third-order valence-electron chi connectivity index (χ3n) is 3.83. The van der Waals surface area contributed by atoms with E-state index in [9.17, 15) is 15.5 Å². The fraction of sp³-hybridized carbons (Fsp3) is 0.538. The van der Waals surface area contributed by atoms with Crippen molar-refractivity contribution >= 4 is 22.9 Å². The first-order valence-electron chi connectivity index (χ1n) is 7.16. The Kier molecular flexibility index (Phi) is 3.77. The lowest BCUT2D eigenvalue weighted by Crippen LogP contribution is -2.41. The van der Waals surface area contributed by atoms with Gasteiger partial charge in [0.25, 0.3) is 0 Å². The van der Waals surface area contributed by atoms with Crippen LogP contribution in [0.5, 0.6) is 0 Å². The molecule has 122 valence electrons. The highest BCUT2D eigenvalue weighted by Gasteiger charge is 2.49. The number of hydrogen-bond donors (Lipinski definition) is 4. The molecule has 0 amide bonds. The van der Waals surface area contributed by atoms with Gasteiger partial charge in [0.05, 0.1) is 12.9 Å². The monoisotopic (exact) mass is 319 g/mol. The van der Waals surface area contributed by atoms with Crippen molar-refractivity contribution in [2.24, 2.45) is 0 Å². The maximum atomic E-state index is 10.1. The molecular formula is C13H17N7O3. The van der Waals surface area contributed by atoms with Crippen LogP contribution in [-0.2, 0) is 4.74 Å². The maximum absolute atomic E-state index is 10.1. The van der Waals surface area contributed by atoms with Gasteiger partial charge >= 0.3 is 0 Å². The van der Waals surface area contributed by atoms with E-state index in [4.69, 9.17) is 10.5 Å². The quantitative estimate of drug-likeness (QED) is 0.576. The molecule has 0 aromatic carbocycles. The van der Waals surface area contributed by atoms with Crippen LogP contribution in [0.2, 0.25) is 0 Å². The summed E-state index contributed by atoms with van der Waals surface area (Å²) in [6.07, 6.45) is -0.194. The molecule has 2 aromatic heterocycles. The van der Waals surface area contributed by atoms with Crippen LogP contribution >= 0.6 is 0 Å². The molecule has 0 bridgehead atoms. The minimum atomic E-state index is -1.65. The number of anilines is 2. The third kappa shape index (κ3) is 2.35. The van der Waals surface area contributed by atoms with E-state index in [1.165, 1.54) is 6.33 Å². The van der Waals surface area contributed by atoms with Crippen LogP contribution in [0.3, 0.4) is 0 Å². The van der Waals surface area contributed by atoms with Crippen LogP contribution in [-0.4, -0.2) is 54.6 Å². The van der Waals surface area contributed by atoms with Gasteiger partial charge in [0.15, 0.2) is 17.0 Å². The van der Waals surface area contributed by atoms with Crippen LogP contribution in [0.25, 0.3) is 11.2 Å². The van der Waals surface area contributed by atoms with E-state index in [2.05, 4.69) is 20.3 Å². The maximum Gasteiger partial charge on any atom is 0.224 e. The molecule has 2 aromatic rings. The van der Waals surface area contributed by atoms with E-state index in [1.54, 1.807) is 4.57 Å². The summed E-state index contributed by atoms with van der Waals surface area (Å²) in [5.41, 5.74) is 5.02. The number of nitrogens with one attached hydrogen (secondary N) is 1. The summed E-state index contributed by atoms with van der Waals surface area (Å²) in [7, 11) is 0. The predicted octanol–water partition coefficient (Wildman–Crippen LogP) is -0.625. The Bertz CT molecular complexity index is 771. The van der Waals surface area contributed by atoms with E-state index >= 15 is 0 Å². The fourth-order valence-corrected chi connectivity index (χ4v) is 2.63. The zero-order valence-corrected chi connectivity index (χ0v) is 12.5. The number of aliphatic hydroxyl groups is 2. The van der Waals surface area contributed by atoms with E-state index < -0.39 is 24.5 Å². The van der Waals surface area contributed by atoms with Gasteiger partial charge in [-0.3, -0.25) is 4.57 Å². The Morgan fingerprint density at radius 1 is 1.61 bits per heavy atom. The van der Waals surface area contributed by atoms with Crippen molar-refractivity contribution in [1.29, 1.82) is 5.26 Å². The number of imidazole rings is 1.